The number of hydrogen-bond acceptors (Lipinski definition) is 6. The zero-order valence-electron chi connectivity index (χ0n) is 19.8. The van der Waals surface area contributed by atoms with Crippen molar-refractivity contribution in [1.29, 1.82) is 0 Å². The Hall–Kier alpha value is -2.78. The van der Waals surface area contributed by atoms with Crippen LogP contribution in [0, 0.1) is 6.92 Å². The molecule has 1 heterocycles. The van der Waals surface area contributed by atoms with E-state index in [9.17, 15) is 4.79 Å². The fraction of sp³-hybridized carbons (Fsp3) is 0.320. The Kier molecular flexibility index (Phi) is 9.18. The number of rotatable bonds is 11. The second-order valence-corrected chi connectivity index (χ2v) is 9.82. The maximum atomic E-state index is 12.7. The highest BCUT2D eigenvalue weighted by Gasteiger charge is 2.16. The number of amides is 1. The number of allylic oxidation sites excluding steroid dienone is 1. The minimum absolute atomic E-state index is 0.107. The Morgan fingerprint density at radius 3 is 2.74 bits per heavy atom. The Balaban J connectivity index is 1.67. The molecule has 0 bridgehead atoms. The quantitative estimate of drug-likeness (QED) is 0.236. The van der Waals surface area contributed by atoms with Gasteiger partial charge < -0.3 is 14.8 Å². The van der Waals surface area contributed by atoms with Crippen molar-refractivity contribution in [3.63, 3.8) is 0 Å². The normalized spacial score (nSPS) is 10.9. The molecule has 0 aliphatic carbocycles. The number of methoxy groups -OCH3 is 1. The van der Waals surface area contributed by atoms with Gasteiger partial charge in [0, 0.05) is 16.7 Å². The van der Waals surface area contributed by atoms with Crippen molar-refractivity contribution in [3.05, 3.63) is 70.5 Å². The maximum absolute atomic E-state index is 12.7. The van der Waals surface area contributed by atoms with E-state index in [0.29, 0.717) is 29.0 Å². The van der Waals surface area contributed by atoms with Crippen molar-refractivity contribution in [3.8, 4) is 11.5 Å². The van der Waals surface area contributed by atoms with E-state index >= 15 is 0 Å². The molecule has 0 radical (unpaired) electrons. The summed E-state index contributed by atoms with van der Waals surface area (Å²) in [7, 11) is 1.61. The number of aryl methyl sites for hydroxylation is 1. The van der Waals surface area contributed by atoms with Crippen LogP contribution >= 0.6 is 27.7 Å². The van der Waals surface area contributed by atoms with Crippen LogP contribution in [0.3, 0.4) is 0 Å². The Morgan fingerprint density at radius 1 is 1.24 bits per heavy atom. The van der Waals surface area contributed by atoms with Crippen LogP contribution in [0.15, 0.2) is 58.7 Å². The molecule has 1 aromatic heterocycles. The average Bonchev–Trinajstić information content (AvgIpc) is 3.19. The van der Waals surface area contributed by atoms with Crippen LogP contribution < -0.4 is 14.8 Å². The molecule has 1 N–H and O–H groups in total. The molecule has 0 aliphatic rings. The fourth-order valence-electron chi connectivity index (χ4n) is 3.32. The molecule has 3 aromatic rings. The molecule has 34 heavy (non-hydrogen) atoms. The van der Waals surface area contributed by atoms with Gasteiger partial charge in [-0.15, -0.1) is 16.8 Å². The van der Waals surface area contributed by atoms with Crippen LogP contribution in [0.1, 0.15) is 36.7 Å². The first kappa shape index (κ1) is 25.8. The first-order valence-corrected chi connectivity index (χ1v) is 12.6. The Morgan fingerprint density at radius 2 is 2.03 bits per heavy atom. The third-order valence-electron chi connectivity index (χ3n) is 5.02. The molecule has 3 rings (SSSR count). The van der Waals surface area contributed by atoms with Crippen LogP contribution in [-0.4, -0.2) is 33.5 Å². The average molecular weight is 546 g/mol. The van der Waals surface area contributed by atoms with E-state index < -0.39 is 0 Å². The van der Waals surface area contributed by atoms with E-state index in [1.807, 2.05) is 47.9 Å². The van der Waals surface area contributed by atoms with E-state index in [4.69, 9.17) is 9.47 Å². The number of thioether (sulfide) groups is 1. The van der Waals surface area contributed by atoms with Crippen molar-refractivity contribution in [2.45, 2.75) is 45.0 Å². The number of carbonyl (C=O) groups excluding carboxylic acids is 1. The molecule has 0 saturated carbocycles. The zero-order chi connectivity index (χ0) is 24.7. The maximum Gasteiger partial charge on any atom is 0.234 e. The number of nitrogens with one attached hydrogen (secondary N) is 1. The molecular formula is C25H29BrN4O3S. The van der Waals surface area contributed by atoms with Gasteiger partial charge in [-0.05, 0) is 54.3 Å². The minimum atomic E-state index is -0.107. The molecule has 0 atom stereocenters. The van der Waals surface area contributed by atoms with Gasteiger partial charge in [-0.1, -0.05) is 53.7 Å². The summed E-state index contributed by atoms with van der Waals surface area (Å²) in [6, 6.07) is 11.6. The number of nitrogens with zero attached hydrogens (tertiary/aromatic N) is 3. The number of halogens is 1. The lowest BCUT2D eigenvalue weighted by atomic mass is 10.0. The minimum Gasteiger partial charge on any atom is -0.493 e. The number of carbonyl (C=O) groups is 1. The first-order chi connectivity index (χ1) is 16.3. The SMILES string of the molecule is C=CCn1c(COc2ccc(C)cc2OC)nnc1SCC(=O)Nc1ccc(Br)cc1C(C)C. The molecule has 1 amide bonds. The summed E-state index contributed by atoms with van der Waals surface area (Å²) in [4.78, 5) is 12.7. The molecule has 0 aliphatic heterocycles. The van der Waals surface area contributed by atoms with E-state index in [0.717, 1.165) is 21.3 Å². The van der Waals surface area contributed by atoms with Crippen LogP contribution in [0.2, 0.25) is 0 Å². The molecule has 180 valence electrons. The van der Waals surface area contributed by atoms with Gasteiger partial charge in [-0.3, -0.25) is 9.36 Å². The molecule has 0 unspecified atom stereocenters. The summed E-state index contributed by atoms with van der Waals surface area (Å²) in [6.45, 7) is 10.7. The second-order valence-electron chi connectivity index (χ2n) is 7.96. The molecule has 0 spiro atoms. The smallest absolute Gasteiger partial charge is 0.234 e. The molecule has 7 nitrogen and oxygen atoms in total. The highest BCUT2D eigenvalue weighted by atomic mass is 79.9. The van der Waals surface area contributed by atoms with Crippen LogP contribution in [0.5, 0.6) is 11.5 Å². The molecular weight excluding hydrogens is 516 g/mol. The van der Waals surface area contributed by atoms with Crippen LogP contribution in [0.25, 0.3) is 0 Å². The van der Waals surface area contributed by atoms with Gasteiger partial charge in [0.15, 0.2) is 22.5 Å². The van der Waals surface area contributed by atoms with Gasteiger partial charge in [0.25, 0.3) is 0 Å². The summed E-state index contributed by atoms with van der Waals surface area (Å²) in [5.74, 6) is 2.31. The van der Waals surface area contributed by atoms with Gasteiger partial charge in [-0.2, -0.15) is 0 Å². The predicted octanol–water partition coefficient (Wildman–Crippen LogP) is 5.98. The van der Waals surface area contributed by atoms with Gasteiger partial charge >= 0.3 is 0 Å². The number of benzene rings is 2. The Labute approximate surface area is 213 Å². The van der Waals surface area contributed by atoms with Crippen molar-refractivity contribution in [2.75, 3.05) is 18.2 Å². The largest absolute Gasteiger partial charge is 0.493 e. The van der Waals surface area contributed by atoms with Crippen molar-refractivity contribution in [1.82, 2.24) is 14.8 Å². The number of hydrogen-bond donors (Lipinski definition) is 1. The van der Waals surface area contributed by atoms with E-state index in [1.54, 1.807) is 13.2 Å². The third-order valence-corrected chi connectivity index (χ3v) is 6.48. The first-order valence-electron chi connectivity index (χ1n) is 10.8. The monoisotopic (exact) mass is 544 g/mol. The van der Waals surface area contributed by atoms with E-state index in [2.05, 4.69) is 51.9 Å². The van der Waals surface area contributed by atoms with Crippen LogP contribution in [0.4, 0.5) is 5.69 Å². The summed E-state index contributed by atoms with van der Waals surface area (Å²) < 4.78 is 14.2. The highest BCUT2D eigenvalue weighted by Crippen LogP contribution is 2.30. The van der Waals surface area contributed by atoms with Gasteiger partial charge in [0.2, 0.25) is 5.91 Å². The van der Waals surface area contributed by atoms with Gasteiger partial charge in [0.1, 0.15) is 6.61 Å². The Bertz CT molecular complexity index is 1160. The number of ether oxygens (including phenoxy) is 2. The lowest BCUT2D eigenvalue weighted by Gasteiger charge is -2.14. The van der Waals surface area contributed by atoms with Crippen LogP contribution in [-0.2, 0) is 17.9 Å². The summed E-state index contributed by atoms with van der Waals surface area (Å²) in [5.41, 5.74) is 2.98. The standard InChI is InChI=1S/C25H29BrN4O3S/c1-6-11-30-23(14-33-21-10-7-17(4)12-22(21)32-5)28-29-25(30)34-15-24(31)27-20-9-8-18(26)13-19(20)16(2)3/h6-10,12-13,16H,1,11,14-15H2,2-5H3,(H,27,31). The highest BCUT2D eigenvalue weighted by molar-refractivity contribution is 9.10. The molecule has 0 fully saturated rings. The summed E-state index contributed by atoms with van der Waals surface area (Å²) >= 11 is 4.82. The van der Waals surface area contributed by atoms with Crippen molar-refractivity contribution in [2.24, 2.45) is 0 Å². The fourth-order valence-corrected chi connectivity index (χ4v) is 4.47. The van der Waals surface area contributed by atoms with Crippen molar-refractivity contribution < 1.29 is 14.3 Å². The van der Waals surface area contributed by atoms with E-state index in [-0.39, 0.29) is 24.2 Å². The summed E-state index contributed by atoms with van der Waals surface area (Å²) in [5, 5.41) is 12.2. The molecule has 9 heteroatoms. The van der Waals surface area contributed by atoms with E-state index in [1.165, 1.54) is 11.8 Å². The van der Waals surface area contributed by atoms with Crippen molar-refractivity contribution >= 4 is 39.3 Å². The summed E-state index contributed by atoms with van der Waals surface area (Å²) in [6.07, 6.45) is 1.76. The number of anilines is 1. The molecule has 2 aromatic carbocycles. The topological polar surface area (TPSA) is 78.3 Å². The second kappa shape index (κ2) is 12.1. The van der Waals surface area contributed by atoms with Gasteiger partial charge in [-0.25, -0.2) is 0 Å². The lowest BCUT2D eigenvalue weighted by Crippen LogP contribution is -2.16. The lowest BCUT2D eigenvalue weighted by molar-refractivity contribution is -0.113. The number of aromatic nitrogens is 3. The predicted molar refractivity (Wildman–Crippen MR) is 140 cm³/mol. The zero-order valence-corrected chi connectivity index (χ0v) is 22.2. The third kappa shape index (κ3) is 6.64. The molecule has 0 saturated heterocycles. The van der Waals surface area contributed by atoms with Gasteiger partial charge in [0.05, 0.1) is 12.9 Å².